The van der Waals surface area contributed by atoms with Gasteiger partial charge in [0.05, 0.1) is 0 Å². The van der Waals surface area contributed by atoms with Gasteiger partial charge in [-0.2, -0.15) is 0 Å². The Kier molecular flexibility index (Phi) is 21.6. The molecule has 0 atom stereocenters. The van der Waals surface area contributed by atoms with Gasteiger partial charge in [0.25, 0.3) is 0 Å². The van der Waals surface area contributed by atoms with Crippen LogP contribution in [0.5, 0.6) is 11.5 Å². The number of aliphatic carboxylic acids is 1. The topological polar surface area (TPSA) is 104 Å². The number of benzene rings is 1. The minimum absolute atomic E-state index is 0.0871. The van der Waals surface area contributed by atoms with E-state index in [2.05, 4.69) is 67.7 Å². The Morgan fingerprint density at radius 1 is 0.743 bits per heavy atom. The molecule has 0 aliphatic rings. The second-order valence-corrected chi connectivity index (χ2v) is 7.71. The predicted molar refractivity (Wildman–Crippen MR) is 148 cm³/mol. The van der Waals surface area contributed by atoms with E-state index in [9.17, 15) is 4.79 Å². The molecule has 1 aromatic carbocycles. The molecule has 5 nitrogen and oxygen atoms in total. The summed E-state index contributed by atoms with van der Waals surface area (Å²) in [6, 6.07) is 4.71. The molecule has 0 saturated heterocycles. The Hall–Kier alpha value is -3.31. The third kappa shape index (κ3) is 22.3. The molecule has 0 heterocycles. The van der Waals surface area contributed by atoms with E-state index < -0.39 is 5.97 Å². The van der Waals surface area contributed by atoms with Crippen LogP contribution in [0, 0.1) is 0 Å². The van der Waals surface area contributed by atoms with Gasteiger partial charge in [-0.3, -0.25) is 4.79 Å². The van der Waals surface area contributed by atoms with Crippen molar-refractivity contribution in [2.45, 2.75) is 64.7 Å². The number of phenolic OH excluding ortho intramolecular Hbond substituents is 2. The summed E-state index contributed by atoms with van der Waals surface area (Å²) in [4.78, 5) is 10.3. The first-order chi connectivity index (χ1) is 17.0. The van der Waals surface area contributed by atoms with Gasteiger partial charge in [-0.05, 0) is 75.6 Å². The molecule has 0 fully saturated rings. The molecule has 0 spiro atoms. The van der Waals surface area contributed by atoms with Crippen molar-refractivity contribution in [3.05, 3.63) is 96.7 Å². The van der Waals surface area contributed by atoms with E-state index in [-0.39, 0.29) is 17.9 Å². The van der Waals surface area contributed by atoms with Crippen molar-refractivity contribution >= 4 is 5.97 Å². The molecule has 0 bridgehead atoms. The number of hydrogen-bond donors (Lipinski definition) is 4. The standard InChI is InChI=1S/C22H32O2.C8H11NO2/c1-2-3-4-5-6-7-8-9-10-11-12-13-14-15-16-17-18-19-20-21-22(23)24;9-4-3-6-1-2-7(10)8(11)5-6/h3-4,6-7,9-10,12-13,15-16,18-19H,2,5,8,11,14,17,20-21H2,1H3,(H,23,24);1-2,5,10-11H,3-4,9H2. The average molecular weight is 482 g/mol. The highest BCUT2D eigenvalue weighted by Gasteiger charge is 1.98. The van der Waals surface area contributed by atoms with Gasteiger partial charge in [0.2, 0.25) is 0 Å². The van der Waals surface area contributed by atoms with Crippen molar-refractivity contribution in [1.82, 2.24) is 0 Å². The summed E-state index contributed by atoms with van der Waals surface area (Å²) >= 11 is 0. The smallest absolute Gasteiger partial charge is 0.303 e. The molecule has 1 aromatic rings. The monoisotopic (exact) mass is 481 g/mol. The molecule has 1 rings (SSSR count). The molecule has 5 N–H and O–H groups in total. The van der Waals surface area contributed by atoms with Crippen LogP contribution in [0.4, 0.5) is 0 Å². The number of phenols is 2. The van der Waals surface area contributed by atoms with Crippen molar-refractivity contribution in [3.8, 4) is 11.5 Å². The molecule has 35 heavy (non-hydrogen) atoms. The predicted octanol–water partition coefficient (Wildman–Crippen LogP) is 7.15. The maximum absolute atomic E-state index is 10.3. The molecule has 192 valence electrons. The zero-order chi connectivity index (χ0) is 26.0. The summed E-state index contributed by atoms with van der Waals surface area (Å²) in [5.74, 6) is -0.920. The summed E-state index contributed by atoms with van der Waals surface area (Å²) in [5.41, 5.74) is 6.24. The van der Waals surface area contributed by atoms with Gasteiger partial charge in [0, 0.05) is 6.42 Å². The molecule has 0 radical (unpaired) electrons. The van der Waals surface area contributed by atoms with Crippen molar-refractivity contribution in [1.29, 1.82) is 0 Å². The minimum Gasteiger partial charge on any atom is -0.504 e. The highest BCUT2D eigenvalue weighted by Crippen LogP contribution is 2.24. The fraction of sp³-hybridized carbons (Fsp3) is 0.367. The minimum atomic E-state index is -0.741. The van der Waals surface area contributed by atoms with Crippen LogP contribution in [0.15, 0.2) is 91.1 Å². The average Bonchev–Trinajstić information content (AvgIpc) is 2.83. The quantitative estimate of drug-likeness (QED) is 0.148. The zero-order valence-corrected chi connectivity index (χ0v) is 21.1. The zero-order valence-electron chi connectivity index (χ0n) is 21.1. The lowest BCUT2D eigenvalue weighted by Crippen LogP contribution is -2.02. The summed E-state index contributed by atoms with van der Waals surface area (Å²) < 4.78 is 0. The van der Waals surface area contributed by atoms with E-state index in [4.69, 9.17) is 21.1 Å². The Balaban J connectivity index is 0.000000867. The van der Waals surface area contributed by atoms with Crippen molar-refractivity contribution in [3.63, 3.8) is 0 Å². The first-order valence-corrected chi connectivity index (χ1v) is 12.3. The second-order valence-electron chi connectivity index (χ2n) is 7.71. The van der Waals surface area contributed by atoms with Crippen LogP contribution in [0.3, 0.4) is 0 Å². The number of rotatable bonds is 16. The summed E-state index contributed by atoms with van der Waals surface area (Å²) in [6.45, 7) is 2.69. The lowest BCUT2D eigenvalue weighted by atomic mass is 10.1. The Labute approximate surface area is 211 Å². The van der Waals surface area contributed by atoms with Gasteiger partial charge in [0.15, 0.2) is 11.5 Å². The molecule has 0 saturated carbocycles. The Morgan fingerprint density at radius 3 is 1.60 bits per heavy atom. The fourth-order valence-electron chi connectivity index (χ4n) is 2.74. The first kappa shape index (κ1) is 31.7. The van der Waals surface area contributed by atoms with E-state index in [1.54, 1.807) is 6.07 Å². The first-order valence-electron chi connectivity index (χ1n) is 12.3. The maximum Gasteiger partial charge on any atom is 0.303 e. The summed E-state index contributed by atoms with van der Waals surface area (Å²) in [6.07, 6.45) is 33.2. The van der Waals surface area contributed by atoms with E-state index in [0.717, 1.165) is 44.1 Å². The van der Waals surface area contributed by atoms with E-state index in [1.807, 2.05) is 12.2 Å². The van der Waals surface area contributed by atoms with E-state index in [1.165, 1.54) is 12.1 Å². The Morgan fingerprint density at radius 2 is 1.20 bits per heavy atom. The molecule has 0 aliphatic heterocycles. The van der Waals surface area contributed by atoms with Gasteiger partial charge in [-0.25, -0.2) is 0 Å². The van der Waals surface area contributed by atoms with Crippen LogP contribution in [0.2, 0.25) is 0 Å². The normalized spacial score (nSPS) is 12.1. The van der Waals surface area contributed by atoms with Crippen LogP contribution >= 0.6 is 0 Å². The van der Waals surface area contributed by atoms with Crippen molar-refractivity contribution in [2.24, 2.45) is 5.73 Å². The van der Waals surface area contributed by atoms with Crippen molar-refractivity contribution in [2.75, 3.05) is 6.54 Å². The summed E-state index contributed by atoms with van der Waals surface area (Å²) in [7, 11) is 0. The van der Waals surface area contributed by atoms with Gasteiger partial charge in [0.1, 0.15) is 0 Å². The van der Waals surface area contributed by atoms with E-state index in [0.29, 0.717) is 19.4 Å². The third-order valence-corrected chi connectivity index (χ3v) is 4.59. The number of hydrogen-bond acceptors (Lipinski definition) is 4. The molecule has 0 unspecified atom stereocenters. The maximum atomic E-state index is 10.3. The lowest BCUT2D eigenvalue weighted by molar-refractivity contribution is -0.136. The van der Waals surface area contributed by atoms with Gasteiger partial charge >= 0.3 is 5.97 Å². The molecular formula is C30H43NO4. The van der Waals surface area contributed by atoms with Crippen LogP contribution in [-0.2, 0) is 11.2 Å². The van der Waals surface area contributed by atoms with Gasteiger partial charge in [-0.1, -0.05) is 85.9 Å². The molecule has 5 heteroatoms. The molecular weight excluding hydrogens is 438 g/mol. The highest BCUT2D eigenvalue weighted by molar-refractivity contribution is 5.66. The van der Waals surface area contributed by atoms with Crippen LogP contribution in [0.25, 0.3) is 0 Å². The molecule has 0 aromatic heterocycles. The van der Waals surface area contributed by atoms with Crippen LogP contribution < -0.4 is 5.73 Å². The fourth-order valence-corrected chi connectivity index (χ4v) is 2.74. The summed E-state index contributed by atoms with van der Waals surface area (Å²) in [5, 5.41) is 26.5. The molecule has 0 aliphatic carbocycles. The van der Waals surface area contributed by atoms with Crippen LogP contribution in [-0.4, -0.2) is 27.8 Å². The second kappa shape index (κ2) is 23.8. The SMILES string of the molecule is CCC=CCC=CCC=CCC=CCC=CCC=CCCC(=O)O.NCCc1ccc(O)c(O)c1. The number of nitrogens with two attached hydrogens (primary N) is 1. The van der Waals surface area contributed by atoms with Gasteiger partial charge in [-0.15, -0.1) is 0 Å². The van der Waals surface area contributed by atoms with Crippen molar-refractivity contribution < 1.29 is 20.1 Å². The lowest BCUT2D eigenvalue weighted by Gasteiger charge is -2.00. The number of aromatic hydroxyl groups is 2. The Bertz CT molecular complexity index is 848. The number of carboxylic acid groups (broad SMARTS) is 1. The van der Waals surface area contributed by atoms with Gasteiger partial charge < -0.3 is 21.1 Å². The number of allylic oxidation sites excluding steroid dienone is 12. The third-order valence-electron chi connectivity index (χ3n) is 4.59. The number of carboxylic acids is 1. The number of carbonyl (C=O) groups is 1. The highest BCUT2D eigenvalue weighted by atomic mass is 16.4. The van der Waals surface area contributed by atoms with E-state index >= 15 is 0 Å². The largest absolute Gasteiger partial charge is 0.504 e. The molecule has 0 amide bonds. The van der Waals surface area contributed by atoms with Crippen LogP contribution in [0.1, 0.15) is 63.9 Å².